The Morgan fingerprint density at radius 1 is 1.08 bits per heavy atom. The molecule has 38 heavy (non-hydrogen) atoms. The van der Waals surface area contributed by atoms with E-state index in [2.05, 4.69) is 6.58 Å². The number of carbonyl (C=O) groups is 2. The number of imide groups is 1. The zero-order valence-electron chi connectivity index (χ0n) is 20.5. The molecule has 196 valence electrons. The molecule has 0 aromatic heterocycles. The van der Waals surface area contributed by atoms with Crippen molar-refractivity contribution in [2.24, 2.45) is 0 Å². The molecule has 1 aliphatic heterocycles. The molecular weight excluding hydrogens is 548 g/mol. The van der Waals surface area contributed by atoms with Crippen molar-refractivity contribution in [3.8, 4) is 11.5 Å². The molecular formula is C29H24Cl2FNO4S. The minimum atomic E-state index is -0.579. The van der Waals surface area contributed by atoms with Crippen LogP contribution in [0.2, 0.25) is 10.0 Å². The number of nitrogens with zero attached hydrogens (tertiary/aromatic N) is 1. The first-order valence-corrected chi connectivity index (χ1v) is 13.3. The second-order valence-corrected chi connectivity index (χ2v) is 10.2. The van der Waals surface area contributed by atoms with Crippen LogP contribution < -0.4 is 9.47 Å². The lowest BCUT2D eigenvalue weighted by Crippen LogP contribution is -2.28. The lowest BCUT2D eigenvalue weighted by Gasteiger charge is -2.17. The van der Waals surface area contributed by atoms with Crippen LogP contribution in [0, 0.1) is 5.82 Å². The van der Waals surface area contributed by atoms with E-state index in [1.807, 2.05) is 25.1 Å². The van der Waals surface area contributed by atoms with Crippen LogP contribution in [0.5, 0.6) is 11.5 Å². The number of carbonyl (C=O) groups excluding carboxylic acids is 2. The summed E-state index contributed by atoms with van der Waals surface area (Å²) in [4.78, 5) is 26.9. The first-order valence-electron chi connectivity index (χ1n) is 11.8. The van der Waals surface area contributed by atoms with Crippen LogP contribution in [0.25, 0.3) is 6.08 Å². The Bertz CT molecular complexity index is 1390. The van der Waals surface area contributed by atoms with Crippen molar-refractivity contribution in [1.29, 1.82) is 0 Å². The minimum Gasteiger partial charge on any atom is -0.490 e. The summed E-state index contributed by atoms with van der Waals surface area (Å²) >= 11 is 12.9. The standard InChI is InChI=1S/C29H24Cl2FNO4S/c1-3-6-20-13-19(14-25(36-4-2)27(20)37-17-18-9-11-21(30)12-10-18)15-26-28(34)33(29(35)38-26)16-22-23(31)7-5-8-24(22)32/h3,5,7-15H,1,4,6,16-17H2,2H3/b26-15-. The van der Waals surface area contributed by atoms with Crippen LogP contribution in [0.15, 0.2) is 72.2 Å². The highest BCUT2D eigenvalue weighted by Crippen LogP contribution is 2.38. The molecule has 0 atom stereocenters. The van der Waals surface area contributed by atoms with E-state index in [0.717, 1.165) is 27.8 Å². The zero-order valence-corrected chi connectivity index (χ0v) is 22.8. The van der Waals surface area contributed by atoms with Crippen LogP contribution in [0.1, 0.15) is 29.2 Å². The summed E-state index contributed by atoms with van der Waals surface area (Å²) in [6.45, 7) is 6.15. The molecule has 1 fully saturated rings. The monoisotopic (exact) mass is 571 g/mol. The number of hydrogen-bond acceptors (Lipinski definition) is 5. The lowest BCUT2D eigenvalue weighted by molar-refractivity contribution is -0.123. The minimum absolute atomic E-state index is 0.0896. The van der Waals surface area contributed by atoms with Crippen molar-refractivity contribution >= 4 is 52.2 Å². The molecule has 3 aromatic carbocycles. The number of ether oxygens (including phenoxy) is 2. The molecule has 0 N–H and O–H groups in total. The van der Waals surface area contributed by atoms with E-state index in [-0.39, 0.29) is 22.0 Å². The Balaban J connectivity index is 1.62. The summed E-state index contributed by atoms with van der Waals surface area (Å²) < 4.78 is 26.3. The average Bonchev–Trinajstić information content (AvgIpc) is 3.14. The molecule has 0 unspecified atom stereocenters. The van der Waals surface area contributed by atoms with Crippen LogP contribution in [0.4, 0.5) is 9.18 Å². The van der Waals surface area contributed by atoms with Crippen molar-refractivity contribution in [2.45, 2.75) is 26.5 Å². The Kier molecular flexibility index (Phi) is 9.15. The molecule has 0 spiro atoms. The van der Waals surface area contributed by atoms with Gasteiger partial charge in [-0.1, -0.05) is 47.5 Å². The SMILES string of the molecule is C=CCc1cc(/C=C2\SC(=O)N(Cc3c(F)cccc3Cl)C2=O)cc(OCC)c1OCc1ccc(Cl)cc1. The summed E-state index contributed by atoms with van der Waals surface area (Å²) in [6.07, 6.45) is 3.85. The maximum Gasteiger partial charge on any atom is 0.293 e. The van der Waals surface area contributed by atoms with Crippen LogP contribution in [-0.4, -0.2) is 22.7 Å². The van der Waals surface area contributed by atoms with Crippen LogP contribution in [-0.2, 0) is 24.4 Å². The summed E-state index contributed by atoms with van der Waals surface area (Å²) in [5, 5.41) is 0.291. The van der Waals surface area contributed by atoms with Crippen molar-refractivity contribution in [1.82, 2.24) is 4.90 Å². The number of rotatable bonds is 10. The number of hydrogen-bond donors (Lipinski definition) is 0. The van der Waals surface area contributed by atoms with E-state index in [4.69, 9.17) is 32.7 Å². The van der Waals surface area contributed by atoms with Gasteiger partial charge in [-0.15, -0.1) is 6.58 Å². The zero-order chi connectivity index (χ0) is 27.2. The van der Waals surface area contributed by atoms with E-state index >= 15 is 0 Å². The number of thioether (sulfide) groups is 1. The van der Waals surface area contributed by atoms with E-state index < -0.39 is 17.0 Å². The molecule has 0 saturated carbocycles. The molecule has 0 bridgehead atoms. The number of amides is 2. The van der Waals surface area contributed by atoms with Crippen LogP contribution >= 0.6 is 35.0 Å². The molecule has 1 heterocycles. The molecule has 2 amide bonds. The van der Waals surface area contributed by atoms with Gasteiger partial charge < -0.3 is 9.47 Å². The van der Waals surface area contributed by atoms with Crippen molar-refractivity contribution < 1.29 is 23.5 Å². The fourth-order valence-corrected chi connectivity index (χ4v) is 5.05. The summed E-state index contributed by atoms with van der Waals surface area (Å²) in [5.74, 6) is -0.0265. The highest BCUT2D eigenvalue weighted by molar-refractivity contribution is 8.18. The van der Waals surface area contributed by atoms with Crippen molar-refractivity contribution in [3.63, 3.8) is 0 Å². The van der Waals surface area contributed by atoms with E-state index in [1.54, 1.807) is 30.4 Å². The average molecular weight is 572 g/mol. The van der Waals surface area contributed by atoms with E-state index in [9.17, 15) is 14.0 Å². The Morgan fingerprint density at radius 2 is 1.84 bits per heavy atom. The first kappa shape index (κ1) is 27.8. The van der Waals surface area contributed by atoms with Gasteiger partial charge >= 0.3 is 0 Å². The molecule has 1 saturated heterocycles. The summed E-state index contributed by atoms with van der Waals surface area (Å²) in [7, 11) is 0. The topological polar surface area (TPSA) is 55.8 Å². The highest BCUT2D eigenvalue weighted by atomic mass is 35.5. The van der Waals surface area contributed by atoms with Gasteiger partial charge in [-0.2, -0.15) is 0 Å². The third-order valence-corrected chi connectivity index (χ3v) is 7.18. The fourth-order valence-electron chi connectivity index (χ4n) is 3.87. The third kappa shape index (κ3) is 6.41. The van der Waals surface area contributed by atoms with Gasteiger partial charge in [0.1, 0.15) is 12.4 Å². The predicted molar refractivity (Wildman–Crippen MR) is 150 cm³/mol. The van der Waals surface area contributed by atoms with Gasteiger partial charge in [-0.3, -0.25) is 14.5 Å². The maximum absolute atomic E-state index is 14.3. The van der Waals surface area contributed by atoms with Gasteiger partial charge in [0.25, 0.3) is 11.1 Å². The number of benzene rings is 3. The van der Waals surface area contributed by atoms with E-state index in [0.29, 0.717) is 41.7 Å². The van der Waals surface area contributed by atoms with Gasteiger partial charge in [0.05, 0.1) is 18.1 Å². The largest absolute Gasteiger partial charge is 0.490 e. The van der Waals surface area contributed by atoms with Gasteiger partial charge in [0, 0.05) is 21.2 Å². The molecule has 9 heteroatoms. The molecule has 5 nitrogen and oxygen atoms in total. The van der Waals surface area contributed by atoms with Gasteiger partial charge in [0.15, 0.2) is 11.5 Å². The highest BCUT2D eigenvalue weighted by Gasteiger charge is 2.36. The molecule has 3 aromatic rings. The molecule has 4 rings (SSSR count). The fraction of sp³-hybridized carbons (Fsp3) is 0.172. The quantitative estimate of drug-likeness (QED) is 0.182. The second kappa shape index (κ2) is 12.5. The van der Waals surface area contributed by atoms with Gasteiger partial charge in [0.2, 0.25) is 0 Å². The molecule has 1 aliphatic rings. The van der Waals surface area contributed by atoms with Crippen LogP contribution in [0.3, 0.4) is 0 Å². The molecule has 0 aliphatic carbocycles. The summed E-state index contributed by atoms with van der Waals surface area (Å²) in [5.41, 5.74) is 2.49. The maximum atomic E-state index is 14.3. The van der Waals surface area contributed by atoms with Crippen molar-refractivity contribution in [3.05, 3.63) is 110 Å². The molecule has 0 radical (unpaired) electrons. The first-order chi connectivity index (χ1) is 18.3. The van der Waals surface area contributed by atoms with Gasteiger partial charge in [-0.25, -0.2) is 4.39 Å². The number of allylic oxidation sites excluding steroid dienone is 1. The Hall–Kier alpha value is -3.26. The third-order valence-electron chi connectivity index (χ3n) is 5.66. The second-order valence-electron chi connectivity index (χ2n) is 8.32. The predicted octanol–water partition coefficient (Wildman–Crippen LogP) is 8.08. The van der Waals surface area contributed by atoms with E-state index in [1.165, 1.54) is 18.2 Å². The Labute approximate surface area is 234 Å². The number of halogens is 3. The smallest absolute Gasteiger partial charge is 0.293 e. The normalized spacial score (nSPS) is 14.3. The summed E-state index contributed by atoms with van der Waals surface area (Å²) in [6, 6.07) is 15.2. The lowest BCUT2D eigenvalue weighted by atomic mass is 10.0. The van der Waals surface area contributed by atoms with Crippen molar-refractivity contribution in [2.75, 3.05) is 6.61 Å². The Morgan fingerprint density at radius 3 is 2.53 bits per heavy atom. The van der Waals surface area contributed by atoms with Gasteiger partial charge in [-0.05, 0) is 78.7 Å².